The van der Waals surface area contributed by atoms with Crippen LogP contribution in [0.15, 0.2) is 0 Å². The van der Waals surface area contributed by atoms with E-state index in [1.54, 1.807) is 11.8 Å². The Labute approximate surface area is 115 Å². The molecule has 0 aliphatic heterocycles. The molecule has 110 valence electrons. The topological polar surface area (TPSA) is 69.6 Å². The van der Waals surface area contributed by atoms with Gasteiger partial charge in [0.1, 0.15) is 0 Å². The number of nitrogens with one attached hydrogen (secondary N) is 1. The first-order valence-electron chi connectivity index (χ1n) is 7.24. The number of aliphatic carboxylic acids is 1. The molecule has 2 amide bonds. The van der Waals surface area contributed by atoms with Crippen LogP contribution in [0.25, 0.3) is 0 Å². The van der Waals surface area contributed by atoms with Crippen molar-refractivity contribution in [3.8, 4) is 0 Å². The van der Waals surface area contributed by atoms with Gasteiger partial charge in [-0.15, -0.1) is 0 Å². The van der Waals surface area contributed by atoms with Crippen LogP contribution in [0, 0.1) is 5.41 Å². The van der Waals surface area contributed by atoms with E-state index in [0.29, 0.717) is 13.0 Å². The van der Waals surface area contributed by atoms with Crippen molar-refractivity contribution < 1.29 is 14.7 Å². The minimum Gasteiger partial charge on any atom is -0.481 e. The highest BCUT2D eigenvalue weighted by molar-refractivity contribution is 5.79. The molecule has 1 aliphatic carbocycles. The highest BCUT2D eigenvalue weighted by atomic mass is 16.4. The van der Waals surface area contributed by atoms with Crippen LogP contribution in [0.2, 0.25) is 0 Å². The van der Waals surface area contributed by atoms with E-state index >= 15 is 0 Å². The van der Waals surface area contributed by atoms with E-state index in [9.17, 15) is 14.7 Å². The Morgan fingerprint density at radius 2 is 2.11 bits per heavy atom. The van der Waals surface area contributed by atoms with Gasteiger partial charge in [0, 0.05) is 19.1 Å². The van der Waals surface area contributed by atoms with Gasteiger partial charge in [-0.1, -0.05) is 19.8 Å². The fraction of sp³-hybridized carbons (Fsp3) is 0.857. The standard InChI is InChI=1S/C14H26N2O3/c1-4-6-10-16(5-2)13(19)15-11-8-7-9-14(11,3)12(17)18/h11H,4-10H2,1-3H3,(H,15,19)(H,17,18). The number of nitrogens with zero attached hydrogens (tertiary/aromatic N) is 1. The number of unbranched alkanes of at least 4 members (excludes halogenated alkanes) is 1. The first kappa shape index (κ1) is 15.8. The average Bonchev–Trinajstić information content (AvgIpc) is 2.73. The zero-order valence-corrected chi connectivity index (χ0v) is 12.2. The van der Waals surface area contributed by atoms with Gasteiger partial charge in [-0.05, 0) is 33.1 Å². The van der Waals surface area contributed by atoms with Crippen molar-refractivity contribution in [2.45, 2.75) is 58.9 Å². The number of hydrogen-bond acceptors (Lipinski definition) is 2. The maximum Gasteiger partial charge on any atom is 0.317 e. The summed E-state index contributed by atoms with van der Waals surface area (Å²) in [7, 11) is 0. The Morgan fingerprint density at radius 1 is 1.42 bits per heavy atom. The fourth-order valence-electron chi connectivity index (χ4n) is 2.65. The van der Waals surface area contributed by atoms with Crippen molar-refractivity contribution >= 4 is 12.0 Å². The number of urea groups is 1. The van der Waals surface area contributed by atoms with Gasteiger partial charge in [0.2, 0.25) is 0 Å². The number of hydrogen-bond donors (Lipinski definition) is 2. The van der Waals surface area contributed by atoms with E-state index in [0.717, 1.165) is 32.2 Å². The predicted octanol–water partition coefficient (Wildman–Crippen LogP) is 2.46. The Balaban J connectivity index is 2.62. The van der Waals surface area contributed by atoms with Crippen molar-refractivity contribution in [3.05, 3.63) is 0 Å². The molecular formula is C14H26N2O3. The maximum absolute atomic E-state index is 12.2. The lowest BCUT2D eigenvalue weighted by molar-refractivity contribution is -0.148. The van der Waals surface area contributed by atoms with Gasteiger partial charge in [0.25, 0.3) is 0 Å². The number of carboxylic acids is 1. The summed E-state index contributed by atoms with van der Waals surface area (Å²) >= 11 is 0. The second kappa shape index (κ2) is 6.78. The third-order valence-corrected chi connectivity index (χ3v) is 4.19. The Morgan fingerprint density at radius 3 is 2.63 bits per heavy atom. The van der Waals surface area contributed by atoms with Crippen LogP contribution in [-0.2, 0) is 4.79 Å². The Bertz CT molecular complexity index is 333. The molecule has 1 saturated carbocycles. The molecule has 0 aromatic rings. The summed E-state index contributed by atoms with van der Waals surface area (Å²) < 4.78 is 0. The molecule has 2 unspecified atom stereocenters. The molecular weight excluding hydrogens is 244 g/mol. The minimum absolute atomic E-state index is 0.129. The lowest BCUT2D eigenvalue weighted by atomic mass is 9.85. The summed E-state index contributed by atoms with van der Waals surface area (Å²) in [4.78, 5) is 25.3. The number of amides is 2. The van der Waals surface area contributed by atoms with Crippen LogP contribution in [-0.4, -0.2) is 41.1 Å². The molecule has 0 bridgehead atoms. The summed E-state index contributed by atoms with van der Waals surface area (Å²) in [6.45, 7) is 7.15. The van der Waals surface area contributed by atoms with Crippen molar-refractivity contribution in [1.82, 2.24) is 10.2 Å². The third-order valence-electron chi connectivity index (χ3n) is 4.19. The van der Waals surface area contributed by atoms with E-state index < -0.39 is 11.4 Å². The Hall–Kier alpha value is -1.26. The van der Waals surface area contributed by atoms with Crippen molar-refractivity contribution in [1.29, 1.82) is 0 Å². The van der Waals surface area contributed by atoms with Gasteiger partial charge in [-0.25, -0.2) is 4.79 Å². The van der Waals surface area contributed by atoms with Gasteiger partial charge in [-0.2, -0.15) is 0 Å². The molecule has 2 N–H and O–H groups in total. The molecule has 2 atom stereocenters. The quantitative estimate of drug-likeness (QED) is 0.779. The molecule has 0 heterocycles. The molecule has 1 rings (SSSR count). The van der Waals surface area contributed by atoms with Crippen LogP contribution in [0.3, 0.4) is 0 Å². The SMILES string of the molecule is CCCCN(CC)C(=O)NC1CCCC1(C)C(=O)O. The van der Waals surface area contributed by atoms with E-state index in [2.05, 4.69) is 12.2 Å². The van der Waals surface area contributed by atoms with Crippen LogP contribution in [0.5, 0.6) is 0 Å². The molecule has 0 saturated heterocycles. The highest BCUT2D eigenvalue weighted by Crippen LogP contribution is 2.38. The molecule has 0 radical (unpaired) electrons. The number of rotatable bonds is 6. The lowest BCUT2D eigenvalue weighted by Crippen LogP contribution is -2.51. The molecule has 5 heteroatoms. The zero-order valence-electron chi connectivity index (χ0n) is 12.2. The van der Waals surface area contributed by atoms with E-state index in [-0.39, 0.29) is 12.1 Å². The van der Waals surface area contributed by atoms with Crippen LogP contribution in [0.4, 0.5) is 4.79 Å². The van der Waals surface area contributed by atoms with Gasteiger partial charge in [0.05, 0.1) is 5.41 Å². The normalized spacial score (nSPS) is 26.2. The van der Waals surface area contributed by atoms with Crippen LogP contribution < -0.4 is 5.32 Å². The summed E-state index contributed by atoms with van der Waals surface area (Å²) in [6, 6.07) is -0.386. The van der Waals surface area contributed by atoms with Crippen LogP contribution >= 0.6 is 0 Å². The summed E-state index contributed by atoms with van der Waals surface area (Å²) in [5, 5.41) is 12.2. The smallest absolute Gasteiger partial charge is 0.317 e. The first-order valence-corrected chi connectivity index (χ1v) is 7.24. The lowest BCUT2D eigenvalue weighted by Gasteiger charge is -2.30. The molecule has 0 aromatic carbocycles. The summed E-state index contributed by atoms with van der Waals surface area (Å²) in [5.74, 6) is -0.813. The van der Waals surface area contributed by atoms with Gasteiger partial charge < -0.3 is 15.3 Å². The van der Waals surface area contributed by atoms with Gasteiger partial charge in [-0.3, -0.25) is 4.79 Å². The van der Waals surface area contributed by atoms with Crippen molar-refractivity contribution in [3.63, 3.8) is 0 Å². The van der Waals surface area contributed by atoms with Gasteiger partial charge in [0.15, 0.2) is 0 Å². The maximum atomic E-state index is 12.2. The highest BCUT2D eigenvalue weighted by Gasteiger charge is 2.46. The Kier molecular flexibility index (Phi) is 5.63. The first-order chi connectivity index (χ1) is 8.95. The number of carbonyl (C=O) groups is 2. The monoisotopic (exact) mass is 270 g/mol. The molecule has 5 nitrogen and oxygen atoms in total. The summed E-state index contributed by atoms with van der Waals surface area (Å²) in [5.41, 5.74) is -0.820. The van der Waals surface area contributed by atoms with E-state index in [1.165, 1.54) is 0 Å². The molecule has 0 aromatic heterocycles. The molecule has 1 fully saturated rings. The van der Waals surface area contributed by atoms with E-state index in [4.69, 9.17) is 0 Å². The van der Waals surface area contributed by atoms with E-state index in [1.807, 2.05) is 6.92 Å². The second-order valence-corrected chi connectivity index (χ2v) is 5.55. The average molecular weight is 270 g/mol. The number of carbonyl (C=O) groups excluding carboxylic acids is 1. The predicted molar refractivity (Wildman–Crippen MR) is 74.1 cm³/mol. The van der Waals surface area contributed by atoms with Crippen molar-refractivity contribution in [2.75, 3.05) is 13.1 Å². The largest absolute Gasteiger partial charge is 0.481 e. The molecule has 1 aliphatic rings. The number of carboxylic acid groups (broad SMARTS) is 1. The van der Waals surface area contributed by atoms with Crippen molar-refractivity contribution in [2.24, 2.45) is 5.41 Å². The molecule has 0 spiro atoms. The fourth-order valence-corrected chi connectivity index (χ4v) is 2.65. The molecule has 19 heavy (non-hydrogen) atoms. The summed E-state index contributed by atoms with van der Waals surface area (Å²) in [6.07, 6.45) is 4.26. The van der Waals surface area contributed by atoms with Gasteiger partial charge >= 0.3 is 12.0 Å². The third kappa shape index (κ3) is 3.61. The zero-order chi connectivity index (χ0) is 14.5. The minimum atomic E-state index is -0.820. The second-order valence-electron chi connectivity index (χ2n) is 5.55. The van der Waals surface area contributed by atoms with Crippen LogP contribution in [0.1, 0.15) is 52.9 Å².